The Kier molecular flexibility index (Phi) is 6.99. The van der Waals surface area contributed by atoms with Gasteiger partial charge in [-0.1, -0.05) is 6.07 Å². The van der Waals surface area contributed by atoms with Crippen LogP contribution < -0.4 is 11.5 Å². The molecular formula is C27H31F3N4O3. The lowest BCUT2D eigenvalue weighted by molar-refractivity contribution is 0.0303. The fourth-order valence-electron chi connectivity index (χ4n) is 6.00. The number of piperidine rings is 1. The van der Waals surface area contributed by atoms with Crippen molar-refractivity contribution in [3.8, 4) is 0 Å². The molecule has 3 saturated heterocycles. The van der Waals surface area contributed by atoms with Crippen molar-refractivity contribution in [2.45, 2.75) is 55.8 Å². The summed E-state index contributed by atoms with van der Waals surface area (Å²) in [7, 11) is 0. The molecule has 3 atom stereocenters. The number of benzene rings is 2. The second kappa shape index (κ2) is 10.1. The Morgan fingerprint density at radius 2 is 1.54 bits per heavy atom. The summed E-state index contributed by atoms with van der Waals surface area (Å²) in [6.45, 7) is 2.02. The average Bonchev–Trinajstić information content (AvgIpc) is 3.18. The first-order valence-corrected chi connectivity index (χ1v) is 12.6. The number of amides is 2. The van der Waals surface area contributed by atoms with Crippen LogP contribution in [0.5, 0.6) is 0 Å². The molecule has 2 amide bonds. The SMILES string of the molecule is NC(Cc1cc(F)c(F)cc1F)C1(N)CC2CCC(C1)N2C(=O)c1cccc(C(=O)N2CCOCC2)c1. The van der Waals surface area contributed by atoms with Crippen molar-refractivity contribution in [2.75, 3.05) is 26.3 Å². The predicted octanol–water partition coefficient (Wildman–Crippen LogP) is 2.61. The molecule has 3 unspecified atom stereocenters. The van der Waals surface area contributed by atoms with Crippen molar-refractivity contribution >= 4 is 11.8 Å². The molecule has 3 fully saturated rings. The Balaban J connectivity index is 1.30. The first-order valence-electron chi connectivity index (χ1n) is 12.6. The standard InChI is InChI=1S/C27H31F3N4O3/c28-21-13-23(30)22(29)11-18(21)12-24(31)27(32)14-19-4-5-20(15-27)34(19)26(36)17-3-1-2-16(10-17)25(35)33-6-8-37-9-7-33/h1-3,10-11,13,19-20,24H,4-9,12,14-15,31-32H2. The van der Waals surface area contributed by atoms with E-state index < -0.39 is 29.0 Å². The van der Waals surface area contributed by atoms with Gasteiger partial charge in [0.15, 0.2) is 11.6 Å². The van der Waals surface area contributed by atoms with Crippen LogP contribution in [0.4, 0.5) is 13.2 Å². The molecule has 3 heterocycles. The summed E-state index contributed by atoms with van der Waals surface area (Å²) >= 11 is 0. The van der Waals surface area contributed by atoms with Crippen LogP contribution in [0.2, 0.25) is 0 Å². The lowest BCUT2D eigenvalue weighted by Crippen LogP contribution is -2.65. The van der Waals surface area contributed by atoms with E-state index in [4.69, 9.17) is 16.2 Å². The second-order valence-electron chi connectivity index (χ2n) is 10.4. The normalized spacial score (nSPS) is 26.3. The summed E-state index contributed by atoms with van der Waals surface area (Å²) in [5.41, 5.74) is 13.1. The van der Waals surface area contributed by atoms with Crippen molar-refractivity contribution in [1.82, 2.24) is 9.80 Å². The zero-order chi connectivity index (χ0) is 26.3. The van der Waals surface area contributed by atoms with Crippen LogP contribution in [0.3, 0.4) is 0 Å². The largest absolute Gasteiger partial charge is 0.378 e. The zero-order valence-corrected chi connectivity index (χ0v) is 20.5. The average molecular weight is 517 g/mol. The number of morpholine rings is 1. The third-order valence-electron chi connectivity index (χ3n) is 8.01. The number of carbonyl (C=O) groups excluding carboxylic acids is 2. The van der Waals surface area contributed by atoms with E-state index in [1.54, 1.807) is 29.2 Å². The molecule has 2 aromatic rings. The summed E-state index contributed by atoms with van der Waals surface area (Å²) in [5.74, 6) is -3.54. The minimum Gasteiger partial charge on any atom is -0.378 e. The highest BCUT2D eigenvalue weighted by atomic mass is 19.2. The van der Waals surface area contributed by atoms with Crippen molar-refractivity contribution in [2.24, 2.45) is 11.5 Å². The lowest BCUT2D eigenvalue weighted by atomic mass is 9.76. The zero-order valence-electron chi connectivity index (χ0n) is 20.5. The van der Waals surface area contributed by atoms with E-state index in [2.05, 4.69) is 0 Å². The lowest BCUT2D eigenvalue weighted by Gasteiger charge is -2.47. The summed E-state index contributed by atoms with van der Waals surface area (Å²) in [6.07, 6.45) is 2.29. The minimum atomic E-state index is -1.25. The van der Waals surface area contributed by atoms with Crippen molar-refractivity contribution in [3.05, 3.63) is 70.5 Å². The molecule has 37 heavy (non-hydrogen) atoms. The number of halogens is 3. The van der Waals surface area contributed by atoms with Crippen LogP contribution in [-0.4, -0.2) is 71.6 Å². The first-order chi connectivity index (χ1) is 17.7. The molecule has 5 rings (SSSR count). The highest BCUT2D eigenvalue weighted by molar-refractivity contribution is 6.00. The predicted molar refractivity (Wildman–Crippen MR) is 130 cm³/mol. The Bertz CT molecular complexity index is 1190. The topological polar surface area (TPSA) is 102 Å². The van der Waals surface area contributed by atoms with Gasteiger partial charge in [-0.3, -0.25) is 9.59 Å². The smallest absolute Gasteiger partial charge is 0.254 e. The summed E-state index contributed by atoms with van der Waals surface area (Å²) in [6, 6.07) is 7.09. The van der Waals surface area contributed by atoms with Gasteiger partial charge >= 0.3 is 0 Å². The fraction of sp³-hybridized carbons (Fsp3) is 0.481. The van der Waals surface area contributed by atoms with E-state index in [9.17, 15) is 22.8 Å². The number of ether oxygens (including phenoxy) is 1. The Hall–Kier alpha value is -2.95. The molecule has 10 heteroatoms. The quantitative estimate of drug-likeness (QED) is 0.595. The third-order valence-corrected chi connectivity index (χ3v) is 8.01. The van der Waals surface area contributed by atoms with E-state index in [1.807, 2.05) is 4.90 Å². The molecule has 0 spiro atoms. The molecule has 2 bridgehead atoms. The molecule has 0 aromatic heterocycles. The van der Waals surface area contributed by atoms with E-state index in [0.717, 1.165) is 18.9 Å². The van der Waals surface area contributed by atoms with E-state index in [1.165, 1.54) is 0 Å². The maximum Gasteiger partial charge on any atom is 0.254 e. The molecule has 3 aliphatic heterocycles. The van der Waals surface area contributed by atoms with Gasteiger partial charge in [-0.2, -0.15) is 0 Å². The summed E-state index contributed by atoms with van der Waals surface area (Å²) < 4.78 is 46.5. The first kappa shape index (κ1) is 25.7. The summed E-state index contributed by atoms with van der Waals surface area (Å²) in [5, 5.41) is 0. The molecule has 0 saturated carbocycles. The highest BCUT2D eigenvalue weighted by Gasteiger charge is 2.50. The van der Waals surface area contributed by atoms with Gasteiger partial charge in [0.05, 0.1) is 13.2 Å². The van der Waals surface area contributed by atoms with Crippen LogP contribution in [0, 0.1) is 17.5 Å². The highest BCUT2D eigenvalue weighted by Crippen LogP contribution is 2.42. The second-order valence-corrected chi connectivity index (χ2v) is 10.4. The molecule has 2 aromatic carbocycles. The molecular weight excluding hydrogens is 485 g/mol. The number of hydrogen-bond donors (Lipinski definition) is 2. The number of nitrogens with two attached hydrogens (primary N) is 2. The Morgan fingerprint density at radius 1 is 0.946 bits per heavy atom. The van der Waals surface area contributed by atoms with Gasteiger partial charge in [0.25, 0.3) is 11.8 Å². The van der Waals surface area contributed by atoms with E-state index in [-0.39, 0.29) is 35.9 Å². The van der Waals surface area contributed by atoms with Gasteiger partial charge in [0.2, 0.25) is 0 Å². The van der Waals surface area contributed by atoms with Crippen molar-refractivity contribution < 1.29 is 27.5 Å². The molecule has 4 N–H and O–H groups in total. The van der Waals surface area contributed by atoms with E-state index in [0.29, 0.717) is 56.3 Å². The summed E-state index contributed by atoms with van der Waals surface area (Å²) in [4.78, 5) is 30.1. The fourth-order valence-corrected chi connectivity index (χ4v) is 6.00. The monoisotopic (exact) mass is 516 g/mol. The maximum atomic E-state index is 14.2. The van der Waals surface area contributed by atoms with Crippen LogP contribution in [0.15, 0.2) is 36.4 Å². The number of hydrogen-bond acceptors (Lipinski definition) is 5. The Morgan fingerprint density at radius 3 is 2.19 bits per heavy atom. The van der Waals surface area contributed by atoms with Gasteiger partial charge in [-0.15, -0.1) is 0 Å². The number of carbonyl (C=O) groups is 2. The van der Waals surface area contributed by atoms with E-state index >= 15 is 0 Å². The Labute approximate surface area is 213 Å². The van der Waals surface area contributed by atoms with Crippen LogP contribution in [0.1, 0.15) is 52.0 Å². The number of nitrogens with zero attached hydrogens (tertiary/aromatic N) is 2. The van der Waals surface area contributed by atoms with Crippen LogP contribution >= 0.6 is 0 Å². The number of fused-ring (bicyclic) bond motifs is 2. The van der Waals surface area contributed by atoms with Gasteiger partial charge < -0.3 is 26.0 Å². The van der Waals surface area contributed by atoms with Gasteiger partial charge in [-0.25, -0.2) is 13.2 Å². The van der Waals surface area contributed by atoms with Gasteiger partial charge in [0.1, 0.15) is 5.82 Å². The number of rotatable bonds is 5. The molecule has 0 radical (unpaired) electrons. The maximum absolute atomic E-state index is 14.2. The van der Waals surface area contributed by atoms with Crippen molar-refractivity contribution in [1.29, 1.82) is 0 Å². The van der Waals surface area contributed by atoms with Crippen LogP contribution in [-0.2, 0) is 11.2 Å². The minimum absolute atomic E-state index is 0.0242. The molecule has 3 aliphatic rings. The molecule has 7 nitrogen and oxygen atoms in total. The van der Waals surface area contributed by atoms with Gasteiger partial charge in [0, 0.05) is 53.9 Å². The van der Waals surface area contributed by atoms with Crippen LogP contribution in [0.25, 0.3) is 0 Å². The molecule has 198 valence electrons. The van der Waals surface area contributed by atoms with Gasteiger partial charge in [-0.05, 0) is 61.9 Å². The van der Waals surface area contributed by atoms with Crippen molar-refractivity contribution in [3.63, 3.8) is 0 Å². The third kappa shape index (κ3) is 4.97. The molecule has 0 aliphatic carbocycles.